The predicted octanol–water partition coefficient (Wildman–Crippen LogP) is 1.57. The number of anilines is 1. The summed E-state index contributed by atoms with van der Waals surface area (Å²) in [6.45, 7) is 7.39. The van der Waals surface area contributed by atoms with Gasteiger partial charge in [0.2, 0.25) is 0 Å². The van der Waals surface area contributed by atoms with Crippen molar-refractivity contribution in [1.29, 1.82) is 0 Å². The molecule has 2 heterocycles. The van der Waals surface area contributed by atoms with Gasteiger partial charge in [0.05, 0.1) is 0 Å². The summed E-state index contributed by atoms with van der Waals surface area (Å²) in [6, 6.07) is 0.599. The fourth-order valence-corrected chi connectivity index (χ4v) is 2.90. The summed E-state index contributed by atoms with van der Waals surface area (Å²) in [7, 11) is 0. The number of amides is 1. The fraction of sp³-hybridized carbons (Fsp3) is 0.857. The Labute approximate surface area is 130 Å². The molecule has 1 saturated heterocycles. The lowest BCUT2D eigenvalue weighted by atomic mass is 10.0. The second kappa shape index (κ2) is 5.73. The van der Waals surface area contributed by atoms with E-state index in [9.17, 15) is 4.79 Å². The van der Waals surface area contributed by atoms with Crippen LogP contribution in [0.2, 0.25) is 0 Å². The van der Waals surface area contributed by atoms with Gasteiger partial charge in [-0.05, 0) is 51.7 Å². The number of carbonyl (C=O) groups excluding carboxylic acids is 1. The summed E-state index contributed by atoms with van der Waals surface area (Å²) < 4.78 is 5.59. The first kappa shape index (κ1) is 15.1. The molecule has 3 rings (SSSR count). The number of nitrogens with zero attached hydrogens (tertiary/aromatic N) is 5. The lowest BCUT2D eigenvalue weighted by molar-refractivity contribution is 0.0113. The zero-order chi connectivity index (χ0) is 15.7. The third-order valence-corrected chi connectivity index (χ3v) is 4.02. The van der Waals surface area contributed by atoms with E-state index < -0.39 is 5.60 Å². The molecule has 1 saturated carbocycles. The zero-order valence-electron chi connectivity index (χ0n) is 13.4. The summed E-state index contributed by atoms with van der Waals surface area (Å²) >= 11 is 0. The topological polar surface area (TPSA) is 87.2 Å². The highest BCUT2D eigenvalue weighted by molar-refractivity contribution is 5.69. The predicted molar refractivity (Wildman–Crippen MR) is 80.5 cm³/mol. The molecule has 0 radical (unpaired) electrons. The summed E-state index contributed by atoms with van der Waals surface area (Å²) in [5, 5.41) is 14.1. The van der Waals surface area contributed by atoms with E-state index in [2.05, 4.69) is 25.5 Å². The third kappa shape index (κ3) is 3.48. The standard InChI is InChI=1S/C14H24N6O2/c1-14(2,3)22-13(21)20(10-4-5-10)11-6-8-19(9-7-11)12-15-17-18-16-12/h10-11H,4-9H2,1-3H3,(H,15,16,17,18). The highest BCUT2D eigenvalue weighted by Gasteiger charge is 2.40. The second-order valence-corrected chi connectivity index (χ2v) is 7.05. The van der Waals surface area contributed by atoms with Crippen LogP contribution in [-0.4, -0.2) is 62.4 Å². The van der Waals surface area contributed by atoms with Gasteiger partial charge in [-0.2, -0.15) is 5.21 Å². The molecule has 0 bridgehead atoms. The first-order valence-corrected chi connectivity index (χ1v) is 7.94. The van der Waals surface area contributed by atoms with Crippen LogP contribution in [0.4, 0.5) is 10.7 Å². The van der Waals surface area contributed by atoms with E-state index in [-0.39, 0.29) is 12.1 Å². The fourth-order valence-electron chi connectivity index (χ4n) is 2.90. The normalized spacial score (nSPS) is 20.0. The van der Waals surface area contributed by atoms with E-state index in [0.717, 1.165) is 38.8 Å². The molecule has 1 amide bonds. The number of tetrazole rings is 1. The van der Waals surface area contributed by atoms with Gasteiger partial charge < -0.3 is 14.5 Å². The first-order chi connectivity index (χ1) is 10.4. The number of hydrogen-bond donors (Lipinski definition) is 1. The monoisotopic (exact) mass is 308 g/mol. The van der Waals surface area contributed by atoms with Gasteiger partial charge in [-0.1, -0.05) is 5.10 Å². The van der Waals surface area contributed by atoms with Crippen LogP contribution in [0.25, 0.3) is 0 Å². The van der Waals surface area contributed by atoms with Gasteiger partial charge in [0.25, 0.3) is 5.95 Å². The van der Waals surface area contributed by atoms with Crippen LogP contribution in [-0.2, 0) is 4.74 Å². The van der Waals surface area contributed by atoms with Crippen molar-refractivity contribution >= 4 is 12.0 Å². The van der Waals surface area contributed by atoms with Crippen LogP contribution in [0.1, 0.15) is 46.5 Å². The molecule has 2 aliphatic rings. The molecular formula is C14H24N6O2. The molecule has 0 atom stereocenters. The summed E-state index contributed by atoms with van der Waals surface area (Å²) in [6.07, 6.45) is 3.82. The van der Waals surface area contributed by atoms with Gasteiger partial charge in [-0.25, -0.2) is 4.79 Å². The Morgan fingerprint density at radius 1 is 1.23 bits per heavy atom. The summed E-state index contributed by atoms with van der Waals surface area (Å²) in [5.74, 6) is 0.633. The largest absolute Gasteiger partial charge is 0.444 e. The number of piperidine rings is 1. The average molecular weight is 308 g/mol. The molecular weight excluding hydrogens is 284 g/mol. The number of H-pyrrole nitrogens is 1. The van der Waals surface area contributed by atoms with Gasteiger partial charge in [-0.3, -0.25) is 0 Å². The molecule has 1 N–H and O–H groups in total. The summed E-state index contributed by atoms with van der Waals surface area (Å²) in [4.78, 5) is 16.6. The Balaban J connectivity index is 1.61. The third-order valence-electron chi connectivity index (χ3n) is 4.02. The number of rotatable bonds is 3. The quantitative estimate of drug-likeness (QED) is 0.912. The lowest BCUT2D eigenvalue weighted by Crippen LogP contribution is -2.50. The molecule has 0 spiro atoms. The van der Waals surface area contributed by atoms with E-state index in [1.165, 1.54) is 0 Å². The molecule has 1 aliphatic carbocycles. The molecule has 2 fully saturated rings. The Bertz CT molecular complexity index is 500. The molecule has 22 heavy (non-hydrogen) atoms. The van der Waals surface area contributed by atoms with Gasteiger partial charge in [0.15, 0.2) is 0 Å². The van der Waals surface area contributed by atoms with Crippen molar-refractivity contribution in [1.82, 2.24) is 25.5 Å². The van der Waals surface area contributed by atoms with Crippen LogP contribution in [0, 0.1) is 0 Å². The van der Waals surface area contributed by atoms with Crippen molar-refractivity contribution < 1.29 is 9.53 Å². The number of ether oxygens (including phenoxy) is 1. The molecule has 1 aromatic heterocycles. The van der Waals surface area contributed by atoms with Crippen molar-refractivity contribution in [2.24, 2.45) is 0 Å². The first-order valence-electron chi connectivity index (χ1n) is 7.94. The Morgan fingerprint density at radius 2 is 1.86 bits per heavy atom. The van der Waals surface area contributed by atoms with Crippen molar-refractivity contribution in [3.05, 3.63) is 0 Å². The minimum Gasteiger partial charge on any atom is -0.444 e. The molecule has 8 heteroatoms. The van der Waals surface area contributed by atoms with Gasteiger partial charge in [0, 0.05) is 25.2 Å². The van der Waals surface area contributed by atoms with Crippen molar-refractivity contribution in [2.75, 3.05) is 18.0 Å². The summed E-state index contributed by atoms with van der Waals surface area (Å²) in [5.41, 5.74) is -0.449. The zero-order valence-corrected chi connectivity index (χ0v) is 13.4. The lowest BCUT2D eigenvalue weighted by Gasteiger charge is -2.38. The maximum absolute atomic E-state index is 12.5. The average Bonchev–Trinajstić information content (AvgIpc) is 3.11. The molecule has 1 aliphatic heterocycles. The Hall–Kier alpha value is -1.86. The van der Waals surface area contributed by atoms with E-state index >= 15 is 0 Å². The van der Waals surface area contributed by atoms with E-state index in [4.69, 9.17) is 4.74 Å². The van der Waals surface area contributed by atoms with E-state index in [0.29, 0.717) is 12.0 Å². The smallest absolute Gasteiger partial charge is 0.410 e. The minimum absolute atomic E-state index is 0.173. The number of aromatic amines is 1. The van der Waals surface area contributed by atoms with Crippen LogP contribution >= 0.6 is 0 Å². The van der Waals surface area contributed by atoms with Crippen LogP contribution in [0.3, 0.4) is 0 Å². The highest BCUT2D eigenvalue weighted by atomic mass is 16.6. The van der Waals surface area contributed by atoms with Crippen LogP contribution in [0.15, 0.2) is 0 Å². The van der Waals surface area contributed by atoms with Crippen molar-refractivity contribution in [2.45, 2.75) is 64.1 Å². The highest BCUT2D eigenvalue weighted by Crippen LogP contribution is 2.33. The molecule has 122 valence electrons. The second-order valence-electron chi connectivity index (χ2n) is 7.05. The van der Waals surface area contributed by atoms with Crippen molar-refractivity contribution in [3.63, 3.8) is 0 Å². The number of hydrogen-bond acceptors (Lipinski definition) is 6. The number of carbonyl (C=O) groups is 1. The molecule has 0 aromatic carbocycles. The van der Waals surface area contributed by atoms with Crippen LogP contribution in [0.5, 0.6) is 0 Å². The maximum atomic E-state index is 12.5. The van der Waals surface area contributed by atoms with Crippen molar-refractivity contribution in [3.8, 4) is 0 Å². The minimum atomic E-state index is -0.449. The maximum Gasteiger partial charge on any atom is 0.410 e. The molecule has 0 unspecified atom stereocenters. The van der Waals surface area contributed by atoms with E-state index in [1.807, 2.05) is 25.7 Å². The molecule has 1 aromatic rings. The SMILES string of the molecule is CC(C)(C)OC(=O)N(C1CC1)C1CCN(c2nn[nH]n2)CC1. The molecule has 8 nitrogen and oxygen atoms in total. The van der Waals surface area contributed by atoms with Crippen LogP contribution < -0.4 is 4.90 Å². The number of nitrogens with one attached hydrogen (secondary N) is 1. The van der Waals surface area contributed by atoms with E-state index in [1.54, 1.807) is 0 Å². The number of aromatic nitrogens is 4. The Morgan fingerprint density at radius 3 is 2.36 bits per heavy atom. The van der Waals surface area contributed by atoms with Gasteiger partial charge >= 0.3 is 6.09 Å². The van der Waals surface area contributed by atoms with Gasteiger partial charge in [-0.15, -0.1) is 5.10 Å². The Kier molecular flexibility index (Phi) is 3.92. The van der Waals surface area contributed by atoms with Gasteiger partial charge in [0.1, 0.15) is 5.60 Å².